The fourth-order valence-corrected chi connectivity index (χ4v) is 5.80. The van der Waals surface area contributed by atoms with Gasteiger partial charge in [0.2, 0.25) is 11.8 Å². The first-order valence-electron chi connectivity index (χ1n) is 16.1. The Morgan fingerprint density at radius 2 is 1.71 bits per heavy atom. The average molecular weight is 682 g/mol. The van der Waals surface area contributed by atoms with Crippen LogP contribution in [0.25, 0.3) is 10.8 Å². The highest BCUT2D eigenvalue weighted by atomic mass is 32.1. The van der Waals surface area contributed by atoms with E-state index >= 15 is 0 Å². The second-order valence-corrected chi connectivity index (χ2v) is 13.5. The molecule has 0 saturated heterocycles. The number of carbonyl (C=O) groups is 2. The van der Waals surface area contributed by atoms with Gasteiger partial charge in [0.25, 0.3) is 0 Å². The van der Waals surface area contributed by atoms with Gasteiger partial charge in [-0.2, -0.15) is 4.98 Å². The monoisotopic (exact) mass is 681 g/mol. The van der Waals surface area contributed by atoms with Crippen molar-refractivity contribution < 1.29 is 23.8 Å². The summed E-state index contributed by atoms with van der Waals surface area (Å²) in [5, 5.41) is 16.2. The average Bonchev–Trinajstić information content (AvgIpc) is 3.80. The van der Waals surface area contributed by atoms with Crippen molar-refractivity contribution >= 4 is 62.3 Å². The number of ether oxygens (including phenoxy) is 3. The lowest BCUT2D eigenvalue weighted by molar-refractivity contribution is 0.0520. The first-order valence-corrected chi connectivity index (χ1v) is 17.0. The third-order valence-electron chi connectivity index (χ3n) is 7.86. The second-order valence-electron chi connectivity index (χ2n) is 12.6. The first-order chi connectivity index (χ1) is 23.6. The Bertz CT molecular complexity index is 1990. The van der Waals surface area contributed by atoms with Crippen LogP contribution in [-0.4, -0.2) is 47.2 Å². The Hall–Kier alpha value is -5.43. The zero-order valence-corrected chi connectivity index (χ0v) is 28.9. The Labute approximate surface area is 288 Å². The van der Waals surface area contributed by atoms with Crippen LogP contribution < -0.4 is 30.7 Å². The van der Waals surface area contributed by atoms with Gasteiger partial charge in [-0.3, -0.25) is 0 Å². The number of benzene rings is 3. The van der Waals surface area contributed by atoms with E-state index in [1.807, 2.05) is 36.4 Å². The topological polar surface area (TPSA) is 149 Å². The number of fused-ring (bicyclic) bond motifs is 1. The van der Waals surface area contributed by atoms with Gasteiger partial charge in [-0.1, -0.05) is 45.0 Å². The molecule has 0 radical (unpaired) electrons. The van der Waals surface area contributed by atoms with Crippen LogP contribution in [0.3, 0.4) is 0 Å². The van der Waals surface area contributed by atoms with Gasteiger partial charge in [0.15, 0.2) is 16.6 Å². The van der Waals surface area contributed by atoms with Crippen molar-refractivity contribution in [2.45, 2.75) is 46.0 Å². The zero-order valence-electron chi connectivity index (χ0n) is 28.0. The third kappa shape index (κ3) is 8.18. The molecule has 5 aromatic rings. The lowest BCUT2D eigenvalue weighted by Gasteiger charge is -2.24. The van der Waals surface area contributed by atoms with Crippen molar-refractivity contribution in [3.8, 4) is 17.4 Å². The zero-order chi connectivity index (χ0) is 34.5. The van der Waals surface area contributed by atoms with E-state index in [-0.39, 0.29) is 17.7 Å². The Morgan fingerprint density at radius 3 is 2.45 bits per heavy atom. The van der Waals surface area contributed by atoms with E-state index in [2.05, 4.69) is 57.0 Å². The number of amides is 2. The summed E-state index contributed by atoms with van der Waals surface area (Å²) < 4.78 is 17.1. The molecular formula is C36H39N7O5S. The number of carbonyl (C=O) groups excluding carboxylic acids is 2. The Kier molecular flexibility index (Phi) is 9.81. The molecule has 254 valence electrons. The van der Waals surface area contributed by atoms with Crippen molar-refractivity contribution in [3.63, 3.8) is 0 Å². The maximum absolute atomic E-state index is 13.6. The number of urea groups is 1. The van der Waals surface area contributed by atoms with E-state index in [0.29, 0.717) is 51.4 Å². The Balaban J connectivity index is 1.23. The van der Waals surface area contributed by atoms with Gasteiger partial charge in [0.1, 0.15) is 5.75 Å². The highest BCUT2D eigenvalue weighted by Crippen LogP contribution is 2.41. The van der Waals surface area contributed by atoms with Crippen LogP contribution in [0, 0.1) is 5.92 Å². The highest BCUT2D eigenvalue weighted by molar-refractivity contribution is 7.14. The minimum absolute atomic E-state index is 0.212. The normalized spacial score (nSPS) is 12.7. The van der Waals surface area contributed by atoms with E-state index in [9.17, 15) is 9.59 Å². The molecule has 2 heterocycles. The molecule has 1 aliphatic carbocycles. The van der Waals surface area contributed by atoms with Crippen molar-refractivity contribution in [2.75, 3.05) is 41.5 Å². The summed E-state index contributed by atoms with van der Waals surface area (Å²) >= 11 is 1.26. The van der Waals surface area contributed by atoms with Crippen LogP contribution in [0.4, 0.5) is 32.9 Å². The molecule has 2 amide bonds. The number of hydrogen-bond donors (Lipinski definition) is 4. The highest BCUT2D eigenvalue weighted by Gasteiger charge is 2.23. The molecule has 3 aromatic carbocycles. The van der Waals surface area contributed by atoms with Gasteiger partial charge in [0.05, 0.1) is 30.8 Å². The third-order valence-corrected chi connectivity index (χ3v) is 8.62. The molecule has 4 N–H and O–H groups in total. The molecule has 13 heteroatoms. The fraction of sp³-hybridized carbons (Fsp3) is 0.306. The van der Waals surface area contributed by atoms with Crippen LogP contribution >= 0.6 is 11.3 Å². The van der Waals surface area contributed by atoms with Crippen molar-refractivity contribution in [1.82, 2.24) is 15.0 Å². The maximum atomic E-state index is 13.6. The van der Waals surface area contributed by atoms with Crippen LogP contribution in [0.5, 0.6) is 17.4 Å². The summed E-state index contributed by atoms with van der Waals surface area (Å²) in [5.74, 6) is 2.14. The molecule has 0 aliphatic heterocycles. The number of thiazole rings is 1. The minimum atomic E-state index is -0.493. The molecule has 0 unspecified atom stereocenters. The summed E-state index contributed by atoms with van der Waals surface area (Å²) in [7, 11) is 1.53. The molecule has 0 bridgehead atoms. The van der Waals surface area contributed by atoms with Gasteiger partial charge in [0, 0.05) is 35.0 Å². The SMILES string of the molecule is CCOC(=O)c1csc(Nc2cc(C(C)(C)C)cc(NC(=O)Nc3ccc(Oc4ccnc(NCC5CC5)n4)c4ccccc34)c2OC)n1. The van der Waals surface area contributed by atoms with Gasteiger partial charge in [-0.25, -0.2) is 19.6 Å². The molecule has 0 atom stereocenters. The maximum Gasteiger partial charge on any atom is 0.357 e. The number of hydrogen-bond acceptors (Lipinski definition) is 11. The molecule has 1 saturated carbocycles. The largest absolute Gasteiger partial charge is 0.492 e. The van der Waals surface area contributed by atoms with Crippen LogP contribution in [-0.2, 0) is 10.2 Å². The van der Waals surface area contributed by atoms with Crippen LogP contribution in [0.1, 0.15) is 56.6 Å². The quantitative estimate of drug-likeness (QED) is 0.0944. The summed E-state index contributed by atoms with van der Waals surface area (Å²) in [6.45, 7) is 9.08. The number of rotatable bonds is 12. The fourth-order valence-electron chi connectivity index (χ4n) is 5.11. The molecule has 1 aliphatic rings. The Morgan fingerprint density at radius 1 is 0.959 bits per heavy atom. The number of aromatic nitrogens is 3. The van der Waals surface area contributed by atoms with Gasteiger partial charge >= 0.3 is 12.0 Å². The predicted octanol–water partition coefficient (Wildman–Crippen LogP) is 8.57. The summed E-state index contributed by atoms with van der Waals surface area (Å²) in [6, 6.07) is 16.4. The molecule has 2 aromatic heterocycles. The van der Waals surface area contributed by atoms with E-state index in [1.54, 1.807) is 36.7 Å². The van der Waals surface area contributed by atoms with Crippen molar-refractivity contribution in [3.05, 3.63) is 77.4 Å². The van der Waals surface area contributed by atoms with E-state index < -0.39 is 12.0 Å². The van der Waals surface area contributed by atoms with E-state index in [4.69, 9.17) is 14.2 Å². The number of methoxy groups -OCH3 is 1. The molecular weight excluding hydrogens is 643 g/mol. The first kappa shape index (κ1) is 33.5. The smallest absolute Gasteiger partial charge is 0.357 e. The van der Waals surface area contributed by atoms with Crippen LogP contribution in [0.2, 0.25) is 0 Å². The van der Waals surface area contributed by atoms with Gasteiger partial charge in [-0.15, -0.1) is 11.3 Å². The molecule has 0 spiro atoms. The van der Waals surface area contributed by atoms with Crippen LogP contribution in [0.15, 0.2) is 66.2 Å². The molecule has 49 heavy (non-hydrogen) atoms. The minimum Gasteiger partial charge on any atom is -0.492 e. The van der Waals surface area contributed by atoms with Gasteiger partial charge < -0.3 is 35.5 Å². The summed E-state index contributed by atoms with van der Waals surface area (Å²) in [5.41, 5.74) is 2.51. The summed E-state index contributed by atoms with van der Waals surface area (Å²) in [6.07, 6.45) is 4.13. The van der Waals surface area contributed by atoms with Crippen molar-refractivity contribution in [1.29, 1.82) is 0 Å². The second kappa shape index (κ2) is 14.4. The standard InChI is InChI=1S/C36H39N7O5S/c1-6-47-32(44)28-20-49-35(42-28)41-27-18-22(36(2,3)4)17-26(31(27)46-5)40-34(45)39-25-13-14-29(24-10-8-7-9-23(24)25)48-30-15-16-37-33(43-30)38-19-21-11-12-21/h7-10,13-18,20-21H,6,11-12,19H2,1-5H3,(H,41,42)(H,37,38,43)(H2,39,40,45). The number of nitrogens with zero attached hydrogens (tertiary/aromatic N) is 3. The summed E-state index contributed by atoms with van der Waals surface area (Å²) in [4.78, 5) is 39.0. The molecule has 12 nitrogen and oxygen atoms in total. The lowest BCUT2D eigenvalue weighted by atomic mass is 9.86. The molecule has 6 rings (SSSR count). The van der Waals surface area contributed by atoms with Gasteiger partial charge in [-0.05, 0) is 60.9 Å². The van der Waals surface area contributed by atoms with Crippen molar-refractivity contribution in [2.24, 2.45) is 5.92 Å². The number of nitrogens with one attached hydrogen (secondary N) is 4. The lowest BCUT2D eigenvalue weighted by Crippen LogP contribution is -2.21. The number of esters is 1. The molecule has 1 fully saturated rings. The number of anilines is 5. The van der Waals surface area contributed by atoms with E-state index in [0.717, 1.165) is 22.9 Å². The van der Waals surface area contributed by atoms with E-state index in [1.165, 1.54) is 31.3 Å². The predicted molar refractivity (Wildman–Crippen MR) is 193 cm³/mol.